The van der Waals surface area contributed by atoms with Crippen molar-refractivity contribution in [2.45, 2.75) is 109 Å². The third-order valence-corrected chi connectivity index (χ3v) is 15.1. The van der Waals surface area contributed by atoms with Gasteiger partial charge in [0, 0.05) is 59.3 Å². The zero-order valence-corrected chi connectivity index (χ0v) is 40.4. The Balaban J connectivity index is 1.48. The van der Waals surface area contributed by atoms with Gasteiger partial charge in [0.05, 0.1) is 21.8 Å². The largest absolute Gasteiger partial charge is 0.457 e. The maximum absolute atomic E-state index is 13.1. The molecule has 0 fully saturated rings. The smallest absolute Gasteiger partial charge is 0.294 e. The van der Waals surface area contributed by atoms with Crippen LogP contribution in [0.3, 0.4) is 0 Å². The minimum atomic E-state index is -4.46. The summed E-state index contributed by atoms with van der Waals surface area (Å²) in [5, 5.41) is 0. The van der Waals surface area contributed by atoms with E-state index < -0.39 is 52.4 Å². The quantitative estimate of drug-likeness (QED) is 0.0809. The van der Waals surface area contributed by atoms with Gasteiger partial charge in [-0.25, -0.2) is 0 Å². The fraction of sp³-hybridized carbons (Fsp3) is 0.429. The molecule has 0 amide bonds. The first-order chi connectivity index (χ1) is 30.3. The Morgan fingerprint density at radius 3 is 2.06 bits per heavy atom. The number of hydrogen-bond acceptors (Lipinski definition) is 9. The summed E-state index contributed by atoms with van der Waals surface area (Å²) in [6.07, 6.45) is 12.1. The van der Waals surface area contributed by atoms with Crippen molar-refractivity contribution in [1.29, 1.82) is 0 Å². The SMILES string of the molecule is CC(C)(C)C(=O)CCCC1(C)/C(=C\C=C2/CCCC(/C=C/C3=[N+](CCCS(=O)(=O)O)c4ccccc4C3(C)C)=C2Oc2ccc(S(=O)(=O)O)cc2)N(CCCS(=O)(=O)O)c2ccccc21. The first-order valence-corrected chi connectivity index (χ1v) is 26.6. The molecule has 0 saturated carbocycles. The van der Waals surface area contributed by atoms with Crippen molar-refractivity contribution in [2.75, 3.05) is 29.5 Å². The lowest BCUT2D eigenvalue weighted by Crippen LogP contribution is -2.30. The fourth-order valence-corrected chi connectivity index (χ4v) is 10.7. The highest BCUT2D eigenvalue weighted by molar-refractivity contribution is 7.86. The Kier molecular flexibility index (Phi) is 14.7. The van der Waals surface area contributed by atoms with E-state index in [9.17, 15) is 43.7 Å². The molecule has 0 radical (unpaired) electrons. The zero-order valence-electron chi connectivity index (χ0n) is 37.9. The molecule has 1 unspecified atom stereocenters. The Bertz CT molecular complexity index is 2810. The third kappa shape index (κ3) is 11.8. The van der Waals surface area contributed by atoms with Crippen molar-refractivity contribution >= 4 is 53.2 Å². The lowest BCUT2D eigenvalue weighted by Gasteiger charge is -2.31. The predicted octanol–water partition coefficient (Wildman–Crippen LogP) is 9.31. The second-order valence-electron chi connectivity index (χ2n) is 18.8. The molecule has 0 spiro atoms. The average Bonchev–Trinajstić information content (AvgIpc) is 3.57. The summed E-state index contributed by atoms with van der Waals surface area (Å²) in [6, 6.07) is 21.4. The van der Waals surface area contributed by atoms with Crippen LogP contribution in [0, 0.1) is 5.41 Å². The van der Waals surface area contributed by atoms with Crippen LogP contribution >= 0.6 is 0 Å². The molecule has 1 atom stereocenters. The Morgan fingerprint density at radius 1 is 0.785 bits per heavy atom. The van der Waals surface area contributed by atoms with E-state index in [4.69, 9.17) is 4.74 Å². The molecule has 2 heterocycles. The summed E-state index contributed by atoms with van der Waals surface area (Å²) >= 11 is 0. The van der Waals surface area contributed by atoms with Crippen LogP contribution < -0.4 is 9.64 Å². The summed E-state index contributed by atoms with van der Waals surface area (Å²) in [6.45, 7) is 12.7. The van der Waals surface area contributed by atoms with Crippen molar-refractivity contribution in [3.8, 4) is 5.75 Å². The molecule has 3 aromatic carbocycles. The minimum absolute atomic E-state index is 0.161. The molecule has 3 aromatic rings. The zero-order chi connectivity index (χ0) is 47.6. The molecule has 3 aliphatic rings. The summed E-state index contributed by atoms with van der Waals surface area (Å²) < 4.78 is 109. The van der Waals surface area contributed by atoms with E-state index in [2.05, 4.69) is 42.4 Å². The van der Waals surface area contributed by atoms with Crippen LogP contribution in [0.2, 0.25) is 0 Å². The highest BCUT2D eigenvalue weighted by Gasteiger charge is 2.45. The summed E-state index contributed by atoms with van der Waals surface area (Å²) in [5.41, 5.74) is 5.90. The molecule has 350 valence electrons. The lowest BCUT2D eigenvalue weighted by molar-refractivity contribution is -0.437. The van der Waals surface area contributed by atoms with E-state index in [-0.39, 0.29) is 29.3 Å². The highest BCUT2D eigenvalue weighted by atomic mass is 32.2. The molecular formula is C49H61N2O11S3+. The standard InChI is InChI=1S/C49H60N2O11S3/c1-47(2,3)45(52)21-12-30-49(6)40-18-8-10-20-42(40)51(32-14-34-64(56,57)58)44(49)29-23-36-16-11-15-35(46(36)62-37-24-26-38(27-25-37)65(59,60)61)22-28-43-48(4,5)39-17-7-9-19-41(39)50(43)31-13-33-63(53,54)55/h7-10,17-20,22-29H,11-16,21,30-34H2,1-6H3,(H2-,53,54,55,56,57,58,59,60,61)/p+1. The molecular weight excluding hydrogens is 889 g/mol. The van der Waals surface area contributed by atoms with E-state index in [1.807, 2.05) is 81.5 Å². The number of ether oxygens (including phenoxy) is 1. The van der Waals surface area contributed by atoms with Gasteiger partial charge in [0.25, 0.3) is 30.4 Å². The molecule has 13 nitrogen and oxygen atoms in total. The van der Waals surface area contributed by atoms with Gasteiger partial charge in [0.15, 0.2) is 5.71 Å². The van der Waals surface area contributed by atoms with E-state index in [0.29, 0.717) is 56.7 Å². The van der Waals surface area contributed by atoms with Crippen molar-refractivity contribution in [3.63, 3.8) is 0 Å². The van der Waals surface area contributed by atoms with Crippen LogP contribution in [0.1, 0.15) is 104 Å². The first-order valence-electron chi connectivity index (χ1n) is 21.9. The van der Waals surface area contributed by atoms with Crippen LogP contribution in [-0.4, -0.2) is 79.6 Å². The molecule has 2 aliphatic heterocycles. The van der Waals surface area contributed by atoms with Gasteiger partial charge in [-0.3, -0.25) is 18.5 Å². The second-order valence-corrected chi connectivity index (χ2v) is 23.4. The van der Waals surface area contributed by atoms with Gasteiger partial charge in [0.1, 0.15) is 23.8 Å². The highest BCUT2D eigenvalue weighted by Crippen LogP contribution is 2.51. The van der Waals surface area contributed by atoms with Crippen molar-refractivity contribution < 1.29 is 53.0 Å². The fourth-order valence-electron chi connectivity index (χ4n) is 9.20. The van der Waals surface area contributed by atoms with Crippen molar-refractivity contribution in [3.05, 3.63) is 131 Å². The molecule has 0 aromatic heterocycles. The maximum Gasteiger partial charge on any atom is 0.294 e. The van der Waals surface area contributed by atoms with Crippen LogP contribution in [0.25, 0.3) is 0 Å². The van der Waals surface area contributed by atoms with Crippen LogP contribution in [0.4, 0.5) is 11.4 Å². The third-order valence-electron chi connectivity index (χ3n) is 12.6. The number of fused-ring (bicyclic) bond motifs is 2. The van der Waals surface area contributed by atoms with Gasteiger partial charge in [-0.2, -0.15) is 29.8 Å². The summed E-state index contributed by atoms with van der Waals surface area (Å²) in [4.78, 5) is 14.9. The van der Waals surface area contributed by atoms with Crippen LogP contribution in [-0.2, 0) is 46.0 Å². The van der Waals surface area contributed by atoms with Crippen molar-refractivity contribution in [1.82, 2.24) is 0 Å². The number of allylic oxidation sites excluding steroid dienone is 7. The van der Waals surface area contributed by atoms with E-state index in [1.54, 1.807) is 0 Å². The number of carbonyl (C=O) groups is 1. The minimum Gasteiger partial charge on any atom is -0.457 e. The van der Waals surface area contributed by atoms with Gasteiger partial charge in [-0.15, -0.1) is 0 Å². The average molecular weight is 950 g/mol. The molecule has 3 N–H and O–H groups in total. The number of rotatable bonds is 18. The maximum atomic E-state index is 13.1. The van der Waals surface area contributed by atoms with Gasteiger partial charge < -0.3 is 9.64 Å². The Labute approximate surface area is 384 Å². The second kappa shape index (κ2) is 19.3. The van der Waals surface area contributed by atoms with Gasteiger partial charge in [-0.1, -0.05) is 63.2 Å². The molecule has 65 heavy (non-hydrogen) atoms. The number of anilines is 1. The van der Waals surface area contributed by atoms with Gasteiger partial charge in [0.2, 0.25) is 5.69 Å². The lowest BCUT2D eigenvalue weighted by atomic mass is 9.76. The Morgan fingerprint density at radius 2 is 1.42 bits per heavy atom. The monoisotopic (exact) mass is 949 g/mol. The number of Topliss-reactive ketones (excluding diaryl/α,β-unsaturated/α-hetero) is 1. The number of nitrogens with zero attached hydrogens (tertiary/aromatic N) is 2. The predicted molar refractivity (Wildman–Crippen MR) is 254 cm³/mol. The van der Waals surface area contributed by atoms with E-state index >= 15 is 0 Å². The first kappa shape index (κ1) is 49.7. The number of para-hydroxylation sites is 2. The van der Waals surface area contributed by atoms with Crippen LogP contribution in [0.5, 0.6) is 5.75 Å². The number of carbonyl (C=O) groups excluding carboxylic acids is 1. The normalized spacial score (nSPS) is 20.3. The van der Waals surface area contributed by atoms with Gasteiger partial charge >= 0.3 is 0 Å². The topological polar surface area (TPSA) is 196 Å². The molecule has 1 aliphatic carbocycles. The molecule has 0 saturated heterocycles. The molecule has 0 bridgehead atoms. The summed E-state index contributed by atoms with van der Waals surface area (Å²) in [7, 11) is -12.9. The van der Waals surface area contributed by atoms with Crippen molar-refractivity contribution in [2.24, 2.45) is 5.41 Å². The molecule has 6 rings (SSSR count). The number of ketones is 1. The summed E-state index contributed by atoms with van der Waals surface area (Å²) in [5.74, 6) is 0.238. The Hall–Kier alpha value is -4.71. The van der Waals surface area contributed by atoms with Gasteiger partial charge in [-0.05, 0) is 118 Å². The number of benzene rings is 3. The molecule has 16 heteroatoms. The number of hydrogen-bond donors (Lipinski definition) is 3. The van der Waals surface area contributed by atoms with E-state index in [0.717, 1.165) is 51.5 Å². The van der Waals surface area contributed by atoms with Crippen LogP contribution in [0.15, 0.2) is 125 Å². The van der Waals surface area contributed by atoms with E-state index in [1.165, 1.54) is 24.3 Å².